The van der Waals surface area contributed by atoms with Gasteiger partial charge < -0.3 is 10.3 Å². The highest BCUT2D eigenvalue weighted by molar-refractivity contribution is 5.80. The van der Waals surface area contributed by atoms with Crippen LogP contribution in [0.4, 0.5) is 0 Å². The van der Waals surface area contributed by atoms with E-state index in [-0.39, 0.29) is 6.04 Å². The Morgan fingerprint density at radius 3 is 2.90 bits per heavy atom. The van der Waals surface area contributed by atoms with Gasteiger partial charge in [-0.15, -0.1) is 0 Å². The zero-order valence-electron chi connectivity index (χ0n) is 11.5. The highest BCUT2D eigenvalue weighted by atomic mass is 16.5. The summed E-state index contributed by atoms with van der Waals surface area (Å²) in [7, 11) is 0. The van der Waals surface area contributed by atoms with E-state index < -0.39 is 0 Å². The lowest BCUT2D eigenvalue weighted by Gasteiger charge is -2.07. The maximum absolute atomic E-state index is 5.88. The van der Waals surface area contributed by atoms with Crippen LogP contribution in [0.1, 0.15) is 31.4 Å². The lowest BCUT2D eigenvalue weighted by Crippen LogP contribution is -2.15. The van der Waals surface area contributed by atoms with E-state index in [1.807, 2.05) is 36.4 Å². The molecule has 0 spiro atoms. The molecule has 4 heteroatoms. The number of aliphatic imine (C=N–C) groups is 1. The first-order chi connectivity index (χ1) is 9.81. The molecule has 0 saturated heterocycles. The summed E-state index contributed by atoms with van der Waals surface area (Å²) in [6.07, 6.45) is 5.08. The van der Waals surface area contributed by atoms with Crippen molar-refractivity contribution in [3.05, 3.63) is 42.2 Å². The molecule has 0 aliphatic carbocycles. The fraction of sp³-hybridized carbons (Fsp3) is 0.375. The van der Waals surface area contributed by atoms with Gasteiger partial charge in [0, 0.05) is 24.5 Å². The molecule has 4 nitrogen and oxygen atoms in total. The predicted molar refractivity (Wildman–Crippen MR) is 79.5 cm³/mol. The fourth-order valence-electron chi connectivity index (χ4n) is 2.58. The molecule has 1 aliphatic rings. The molecule has 104 valence electrons. The van der Waals surface area contributed by atoms with Crippen molar-refractivity contribution in [3.63, 3.8) is 0 Å². The summed E-state index contributed by atoms with van der Waals surface area (Å²) in [5.74, 6) is 1.66. The molecular formula is C16H19N3O. The summed E-state index contributed by atoms with van der Waals surface area (Å²) in [4.78, 5) is 4.56. The molecule has 0 amide bonds. The molecular weight excluding hydrogens is 250 g/mol. The first kappa shape index (κ1) is 12.9. The molecule has 2 aromatic rings. The Labute approximate surface area is 118 Å². The van der Waals surface area contributed by atoms with Crippen LogP contribution >= 0.6 is 0 Å². The van der Waals surface area contributed by atoms with E-state index in [9.17, 15) is 0 Å². The number of rotatable bonds is 3. The number of aromatic nitrogens is 1. The van der Waals surface area contributed by atoms with Crippen molar-refractivity contribution in [2.75, 3.05) is 0 Å². The van der Waals surface area contributed by atoms with Crippen molar-refractivity contribution in [2.45, 2.75) is 38.1 Å². The first-order valence-electron chi connectivity index (χ1n) is 7.14. The van der Waals surface area contributed by atoms with E-state index in [2.05, 4.69) is 10.1 Å². The third-order valence-electron chi connectivity index (χ3n) is 3.63. The van der Waals surface area contributed by atoms with Gasteiger partial charge in [-0.3, -0.25) is 4.99 Å². The van der Waals surface area contributed by atoms with Crippen molar-refractivity contribution in [1.29, 1.82) is 0 Å². The summed E-state index contributed by atoms with van der Waals surface area (Å²) in [6, 6.07) is 12.3. The number of nitrogens with zero attached hydrogens (tertiary/aromatic N) is 2. The standard InChI is InChI=1S/C16H19N3O/c17-16-9-5-4-8-13(18-16)10-14-11-15(19-20-14)12-6-2-1-3-7-12/h1-3,6-7,11,13H,4-5,8-10H2,(H2,17,18). The molecule has 0 bridgehead atoms. The van der Waals surface area contributed by atoms with Crippen LogP contribution in [0.3, 0.4) is 0 Å². The van der Waals surface area contributed by atoms with Crippen molar-refractivity contribution in [2.24, 2.45) is 10.7 Å². The molecule has 1 unspecified atom stereocenters. The Morgan fingerprint density at radius 1 is 1.20 bits per heavy atom. The number of benzene rings is 1. The van der Waals surface area contributed by atoms with Crippen LogP contribution < -0.4 is 5.73 Å². The second-order valence-corrected chi connectivity index (χ2v) is 5.27. The SMILES string of the molecule is NC1=NC(Cc2cc(-c3ccccc3)no2)CCCC1. The lowest BCUT2D eigenvalue weighted by atomic mass is 10.1. The zero-order valence-corrected chi connectivity index (χ0v) is 11.5. The molecule has 3 rings (SSSR count). The third kappa shape index (κ3) is 3.07. The zero-order chi connectivity index (χ0) is 13.8. The molecule has 20 heavy (non-hydrogen) atoms. The van der Waals surface area contributed by atoms with Crippen LogP contribution in [0.5, 0.6) is 0 Å². The Kier molecular flexibility index (Phi) is 3.81. The third-order valence-corrected chi connectivity index (χ3v) is 3.63. The van der Waals surface area contributed by atoms with E-state index in [4.69, 9.17) is 10.3 Å². The van der Waals surface area contributed by atoms with Crippen LogP contribution in [0.25, 0.3) is 11.3 Å². The Hall–Kier alpha value is -2.10. The van der Waals surface area contributed by atoms with Gasteiger partial charge in [0.05, 0.1) is 11.9 Å². The molecule has 2 heterocycles. The average molecular weight is 269 g/mol. The maximum Gasteiger partial charge on any atom is 0.139 e. The van der Waals surface area contributed by atoms with Crippen LogP contribution in [-0.2, 0) is 6.42 Å². The molecule has 2 N–H and O–H groups in total. The Morgan fingerprint density at radius 2 is 2.05 bits per heavy atom. The quantitative estimate of drug-likeness (QED) is 0.930. The van der Waals surface area contributed by atoms with Gasteiger partial charge in [0.25, 0.3) is 0 Å². The average Bonchev–Trinajstić information content (AvgIpc) is 2.83. The van der Waals surface area contributed by atoms with Crippen molar-refractivity contribution >= 4 is 5.84 Å². The topological polar surface area (TPSA) is 64.4 Å². The van der Waals surface area contributed by atoms with Gasteiger partial charge in [-0.1, -0.05) is 41.9 Å². The number of hydrogen-bond donors (Lipinski definition) is 1. The summed E-state index contributed by atoms with van der Waals surface area (Å²) >= 11 is 0. The van der Waals surface area contributed by atoms with Crippen LogP contribution in [0, 0.1) is 0 Å². The van der Waals surface area contributed by atoms with Crippen LogP contribution in [0.15, 0.2) is 45.9 Å². The summed E-state index contributed by atoms with van der Waals surface area (Å²) in [6.45, 7) is 0. The summed E-state index contributed by atoms with van der Waals surface area (Å²) < 4.78 is 5.44. The molecule has 1 atom stereocenters. The minimum atomic E-state index is 0.231. The van der Waals surface area contributed by atoms with E-state index in [0.717, 1.165) is 48.5 Å². The van der Waals surface area contributed by atoms with E-state index >= 15 is 0 Å². The normalized spacial score (nSPS) is 19.4. The Bertz CT molecular complexity index is 589. The smallest absolute Gasteiger partial charge is 0.139 e. The van der Waals surface area contributed by atoms with Crippen LogP contribution in [-0.4, -0.2) is 17.0 Å². The van der Waals surface area contributed by atoms with Gasteiger partial charge in [0.1, 0.15) is 11.5 Å². The maximum atomic E-state index is 5.88. The monoisotopic (exact) mass is 269 g/mol. The minimum Gasteiger partial charge on any atom is -0.387 e. The highest BCUT2D eigenvalue weighted by Crippen LogP contribution is 2.22. The van der Waals surface area contributed by atoms with Gasteiger partial charge in [-0.2, -0.15) is 0 Å². The number of nitrogens with two attached hydrogens (primary N) is 1. The Balaban J connectivity index is 1.73. The second kappa shape index (κ2) is 5.90. The van der Waals surface area contributed by atoms with Crippen LogP contribution in [0.2, 0.25) is 0 Å². The molecule has 1 aliphatic heterocycles. The molecule has 1 aromatic carbocycles. The predicted octanol–water partition coefficient (Wildman–Crippen LogP) is 3.18. The highest BCUT2D eigenvalue weighted by Gasteiger charge is 2.15. The van der Waals surface area contributed by atoms with Gasteiger partial charge in [-0.25, -0.2) is 0 Å². The minimum absolute atomic E-state index is 0.231. The van der Waals surface area contributed by atoms with Gasteiger partial charge in [-0.05, 0) is 12.8 Å². The van der Waals surface area contributed by atoms with Crippen molar-refractivity contribution < 1.29 is 4.52 Å². The molecule has 1 aromatic heterocycles. The van der Waals surface area contributed by atoms with E-state index in [1.54, 1.807) is 0 Å². The first-order valence-corrected chi connectivity index (χ1v) is 7.14. The largest absolute Gasteiger partial charge is 0.387 e. The summed E-state index contributed by atoms with van der Waals surface area (Å²) in [5, 5.41) is 4.14. The van der Waals surface area contributed by atoms with Crippen molar-refractivity contribution in [3.8, 4) is 11.3 Å². The van der Waals surface area contributed by atoms with E-state index in [1.165, 1.54) is 6.42 Å². The number of amidine groups is 1. The number of hydrogen-bond acceptors (Lipinski definition) is 4. The van der Waals surface area contributed by atoms with Gasteiger partial charge in [0.2, 0.25) is 0 Å². The van der Waals surface area contributed by atoms with Crippen molar-refractivity contribution in [1.82, 2.24) is 5.16 Å². The molecule has 0 saturated carbocycles. The second-order valence-electron chi connectivity index (χ2n) is 5.27. The summed E-state index contributed by atoms with van der Waals surface area (Å²) in [5.41, 5.74) is 7.83. The van der Waals surface area contributed by atoms with Gasteiger partial charge in [0.15, 0.2) is 0 Å². The molecule has 0 fully saturated rings. The molecule has 0 radical (unpaired) electrons. The fourth-order valence-corrected chi connectivity index (χ4v) is 2.58. The van der Waals surface area contributed by atoms with Gasteiger partial charge >= 0.3 is 0 Å². The lowest BCUT2D eigenvalue weighted by molar-refractivity contribution is 0.373. The van der Waals surface area contributed by atoms with E-state index in [0.29, 0.717) is 0 Å².